The normalized spacial score (nSPS) is 14.8. The van der Waals surface area contributed by atoms with Gasteiger partial charge in [-0.2, -0.15) is 0 Å². The van der Waals surface area contributed by atoms with Crippen molar-refractivity contribution >= 4 is 22.8 Å². The molecule has 0 spiro atoms. The number of aromatic nitrogens is 1. The average molecular weight is 409 g/mol. The van der Waals surface area contributed by atoms with Crippen LogP contribution >= 0.6 is 0 Å². The Morgan fingerprint density at radius 2 is 1.60 bits per heavy atom. The maximum atomic E-state index is 9.10. The summed E-state index contributed by atoms with van der Waals surface area (Å²) in [5, 5.41) is 19.9. The zero-order chi connectivity index (χ0) is 21.3. The van der Waals surface area contributed by atoms with E-state index in [4.69, 9.17) is 19.8 Å². The van der Waals surface area contributed by atoms with Gasteiger partial charge in [-0.3, -0.25) is 4.90 Å². The molecule has 1 aliphatic heterocycles. The lowest BCUT2D eigenvalue weighted by Gasteiger charge is -2.32. The predicted octanol–water partition coefficient (Wildman–Crippen LogP) is 3.08. The minimum Gasteiger partial charge on any atom is -0.473 e. The molecule has 1 fully saturated rings. The molecule has 0 aliphatic carbocycles. The van der Waals surface area contributed by atoms with Gasteiger partial charge in [-0.15, -0.1) is 0 Å². The minimum atomic E-state index is -1.82. The van der Waals surface area contributed by atoms with E-state index in [0.717, 1.165) is 13.1 Å². The lowest BCUT2D eigenvalue weighted by atomic mass is 10.0. The third-order valence-corrected chi connectivity index (χ3v) is 5.28. The monoisotopic (exact) mass is 409 g/mol. The molecular weight excluding hydrogens is 382 g/mol. The molecule has 0 radical (unpaired) electrons. The van der Waals surface area contributed by atoms with Crippen molar-refractivity contribution in [1.29, 1.82) is 0 Å². The Morgan fingerprint density at radius 3 is 2.27 bits per heavy atom. The van der Waals surface area contributed by atoms with E-state index < -0.39 is 11.9 Å². The second-order valence-corrected chi connectivity index (χ2v) is 7.39. The zero-order valence-electron chi connectivity index (χ0n) is 16.8. The van der Waals surface area contributed by atoms with Gasteiger partial charge >= 0.3 is 11.9 Å². The minimum absolute atomic E-state index is 0.630. The maximum absolute atomic E-state index is 9.10. The topological polar surface area (TPSA) is 106 Å². The fourth-order valence-corrected chi connectivity index (χ4v) is 3.67. The number of benzene rings is 2. The summed E-state index contributed by atoms with van der Waals surface area (Å²) in [4.78, 5) is 24.1. The van der Waals surface area contributed by atoms with E-state index in [1.165, 1.54) is 48.0 Å². The molecule has 0 unspecified atom stereocenters. The number of carbonyl (C=O) groups is 2. The van der Waals surface area contributed by atoms with Crippen LogP contribution in [-0.2, 0) is 22.7 Å². The van der Waals surface area contributed by atoms with E-state index in [0.29, 0.717) is 6.04 Å². The summed E-state index contributed by atoms with van der Waals surface area (Å²) in [6.45, 7) is 4.39. The lowest BCUT2D eigenvalue weighted by Crippen LogP contribution is -2.41. The molecule has 7 nitrogen and oxygen atoms in total. The van der Waals surface area contributed by atoms with E-state index in [1.807, 2.05) is 0 Å². The molecule has 1 aromatic heterocycles. The molecule has 1 saturated heterocycles. The van der Waals surface area contributed by atoms with Crippen molar-refractivity contribution in [1.82, 2.24) is 15.2 Å². The standard InChI is InChI=1S/C21H25N3.C2H2O4/c1-2-6-17(7-3-1)16-24-12-10-19(11-13-24)22-14-18-15-23-21-9-5-4-8-20(18)21;3-1(4)2(5)6/h1-9,15,19,22-23H,10-14,16H2;(H,3,4)(H,5,6). The summed E-state index contributed by atoms with van der Waals surface area (Å²) in [5.74, 6) is -3.65. The van der Waals surface area contributed by atoms with Crippen LogP contribution in [0.4, 0.5) is 0 Å². The SMILES string of the molecule is O=C(O)C(=O)O.c1ccc(CN2CCC(NCc3c[nH]c4ccccc34)CC2)cc1. The molecule has 158 valence electrons. The molecule has 4 rings (SSSR count). The van der Waals surface area contributed by atoms with Gasteiger partial charge in [0, 0.05) is 36.2 Å². The van der Waals surface area contributed by atoms with Crippen LogP contribution in [0.3, 0.4) is 0 Å². The molecule has 2 heterocycles. The molecule has 0 saturated carbocycles. The fraction of sp³-hybridized carbons (Fsp3) is 0.304. The van der Waals surface area contributed by atoms with Crippen molar-refractivity contribution in [2.75, 3.05) is 13.1 Å². The first-order chi connectivity index (χ1) is 14.5. The Hall–Kier alpha value is -3.16. The number of likely N-dealkylation sites (tertiary alicyclic amines) is 1. The molecule has 4 N–H and O–H groups in total. The van der Waals surface area contributed by atoms with Gasteiger partial charge < -0.3 is 20.5 Å². The van der Waals surface area contributed by atoms with E-state index >= 15 is 0 Å². The van der Waals surface area contributed by atoms with Crippen LogP contribution in [-0.4, -0.2) is 51.2 Å². The molecule has 3 aromatic rings. The largest absolute Gasteiger partial charge is 0.473 e. The molecule has 0 atom stereocenters. The zero-order valence-corrected chi connectivity index (χ0v) is 16.8. The highest BCUT2D eigenvalue weighted by molar-refractivity contribution is 6.27. The number of para-hydroxylation sites is 1. The third-order valence-electron chi connectivity index (χ3n) is 5.28. The number of fused-ring (bicyclic) bond motifs is 1. The first-order valence-corrected chi connectivity index (χ1v) is 10.0. The van der Waals surface area contributed by atoms with Gasteiger partial charge in [-0.1, -0.05) is 48.5 Å². The molecule has 0 amide bonds. The van der Waals surface area contributed by atoms with Gasteiger partial charge in [0.15, 0.2) is 0 Å². The summed E-state index contributed by atoms with van der Waals surface area (Å²) in [6, 6.07) is 20.0. The van der Waals surface area contributed by atoms with E-state index in [9.17, 15) is 0 Å². The quantitative estimate of drug-likeness (QED) is 0.483. The third kappa shape index (κ3) is 6.17. The molecule has 30 heavy (non-hydrogen) atoms. The van der Waals surface area contributed by atoms with Gasteiger partial charge in [0.1, 0.15) is 0 Å². The Kier molecular flexibility index (Phi) is 7.59. The Balaban J connectivity index is 0.000000377. The predicted molar refractivity (Wildman–Crippen MR) is 115 cm³/mol. The van der Waals surface area contributed by atoms with Gasteiger partial charge in [0.05, 0.1) is 0 Å². The fourth-order valence-electron chi connectivity index (χ4n) is 3.67. The smallest absolute Gasteiger partial charge is 0.414 e. The van der Waals surface area contributed by atoms with Crippen molar-refractivity contribution in [3.05, 3.63) is 71.9 Å². The summed E-state index contributed by atoms with van der Waals surface area (Å²) in [6.07, 6.45) is 4.60. The van der Waals surface area contributed by atoms with Crippen LogP contribution < -0.4 is 5.32 Å². The first kappa shape index (κ1) is 21.5. The highest BCUT2D eigenvalue weighted by Crippen LogP contribution is 2.19. The number of hydrogen-bond donors (Lipinski definition) is 4. The molecular formula is C23H27N3O4. The van der Waals surface area contributed by atoms with E-state index in [1.54, 1.807) is 0 Å². The summed E-state index contributed by atoms with van der Waals surface area (Å²) in [5.41, 5.74) is 4.02. The number of H-pyrrole nitrogens is 1. The van der Waals surface area contributed by atoms with Crippen molar-refractivity contribution in [2.24, 2.45) is 0 Å². The number of piperidine rings is 1. The van der Waals surface area contributed by atoms with Gasteiger partial charge in [-0.25, -0.2) is 9.59 Å². The Morgan fingerprint density at radius 1 is 0.967 bits per heavy atom. The van der Waals surface area contributed by atoms with Crippen molar-refractivity contribution in [3.8, 4) is 0 Å². The Labute approximate surface area is 175 Å². The van der Waals surface area contributed by atoms with Gasteiger partial charge in [0.2, 0.25) is 0 Å². The summed E-state index contributed by atoms with van der Waals surface area (Å²) >= 11 is 0. The van der Waals surface area contributed by atoms with E-state index in [2.05, 4.69) is 76.0 Å². The Bertz CT molecular complexity index is 951. The lowest BCUT2D eigenvalue weighted by molar-refractivity contribution is -0.159. The number of carboxylic acids is 2. The van der Waals surface area contributed by atoms with Crippen LogP contribution in [0, 0.1) is 0 Å². The number of carboxylic acid groups (broad SMARTS) is 2. The second-order valence-electron chi connectivity index (χ2n) is 7.39. The summed E-state index contributed by atoms with van der Waals surface area (Å²) < 4.78 is 0. The van der Waals surface area contributed by atoms with Crippen molar-refractivity contribution in [3.63, 3.8) is 0 Å². The van der Waals surface area contributed by atoms with E-state index in [-0.39, 0.29) is 0 Å². The number of aliphatic carboxylic acids is 2. The number of aromatic amines is 1. The van der Waals surface area contributed by atoms with Crippen LogP contribution in [0.2, 0.25) is 0 Å². The van der Waals surface area contributed by atoms with Gasteiger partial charge in [0.25, 0.3) is 0 Å². The van der Waals surface area contributed by atoms with Crippen molar-refractivity contribution in [2.45, 2.75) is 32.0 Å². The van der Waals surface area contributed by atoms with Crippen LogP contribution in [0.25, 0.3) is 10.9 Å². The molecule has 7 heteroatoms. The van der Waals surface area contributed by atoms with Crippen molar-refractivity contribution < 1.29 is 19.8 Å². The van der Waals surface area contributed by atoms with Crippen LogP contribution in [0.5, 0.6) is 0 Å². The number of hydrogen-bond acceptors (Lipinski definition) is 4. The van der Waals surface area contributed by atoms with Crippen LogP contribution in [0.1, 0.15) is 24.0 Å². The first-order valence-electron chi connectivity index (χ1n) is 10.0. The van der Waals surface area contributed by atoms with Gasteiger partial charge in [-0.05, 0) is 43.1 Å². The molecule has 2 aromatic carbocycles. The summed E-state index contributed by atoms with van der Waals surface area (Å²) in [7, 11) is 0. The number of nitrogens with one attached hydrogen (secondary N) is 2. The number of rotatable bonds is 5. The highest BCUT2D eigenvalue weighted by atomic mass is 16.4. The molecule has 0 bridgehead atoms. The molecule has 1 aliphatic rings. The van der Waals surface area contributed by atoms with Crippen LogP contribution in [0.15, 0.2) is 60.8 Å². The maximum Gasteiger partial charge on any atom is 0.414 e. The number of nitrogens with zero attached hydrogens (tertiary/aromatic N) is 1. The highest BCUT2D eigenvalue weighted by Gasteiger charge is 2.19. The second kappa shape index (κ2) is 10.6. The average Bonchev–Trinajstić information content (AvgIpc) is 3.17.